The fourth-order valence-corrected chi connectivity index (χ4v) is 5.54. The third-order valence-corrected chi connectivity index (χ3v) is 7.69. The number of rotatable bonds is 7. The fourth-order valence-electron chi connectivity index (χ4n) is 4.07. The van der Waals surface area contributed by atoms with E-state index in [1.165, 1.54) is 9.87 Å². The highest BCUT2D eigenvalue weighted by Crippen LogP contribution is 2.27. The lowest BCUT2D eigenvalue weighted by Gasteiger charge is -2.34. The van der Waals surface area contributed by atoms with Crippen LogP contribution in [0.25, 0.3) is 0 Å². The number of piperazine rings is 1. The molecule has 1 heterocycles. The lowest BCUT2D eigenvalue weighted by Crippen LogP contribution is -2.51. The molecule has 1 fully saturated rings. The Morgan fingerprint density at radius 2 is 1.55 bits per heavy atom. The van der Waals surface area contributed by atoms with Crippen molar-refractivity contribution in [1.29, 1.82) is 0 Å². The largest absolute Gasteiger partial charge is 0.494 e. The van der Waals surface area contributed by atoms with Crippen LogP contribution < -0.4 is 9.47 Å². The number of aryl methyl sites for hydroxylation is 2. The molecule has 2 aliphatic rings. The molecule has 7 nitrogen and oxygen atoms in total. The maximum absolute atomic E-state index is 13.0. The van der Waals surface area contributed by atoms with E-state index in [1.54, 1.807) is 35.2 Å². The molecule has 1 aliphatic heterocycles. The minimum absolute atomic E-state index is 0.0778. The van der Waals surface area contributed by atoms with E-state index in [0.29, 0.717) is 30.3 Å². The number of nitrogens with zero attached hydrogens (tertiary/aromatic N) is 2. The summed E-state index contributed by atoms with van der Waals surface area (Å²) in [6, 6.07) is 12.6. The number of benzene rings is 2. The minimum Gasteiger partial charge on any atom is -0.494 e. The standard InChI is InChI=1S/C23H28N2O5S/c1-2-29-20-7-9-21(10-8-20)30-17-23(26)24-12-14-25(15-13-24)31(27,28)22-11-6-18-4-3-5-19(18)16-22/h6-11,16H,2-5,12-15,17H2,1H3. The SMILES string of the molecule is CCOc1ccc(OCC(=O)N2CCN(S(=O)(=O)c3ccc4c(c3)CCC4)CC2)cc1. The Balaban J connectivity index is 1.30. The average Bonchev–Trinajstić information content (AvgIpc) is 3.27. The molecular formula is C23H28N2O5S. The topological polar surface area (TPSA) is 76.2 Å². The quantitative estimate of drug-likeness (QED) is 0.656. The smallest absolute Gasteiger partial charge is 0.260 e. The molecular weight excluding hydrogens is 416 g/mol. The van der Waals surface area contributed by atoms with Gasteiger partial charge in [-0.15, -0.1) is 0 Å². The Labute approximate surface area is 183 Å². The Morgan fingerprint density at radius 1 is 0.903 bits per heavy atom. The first-order valence-corrected chi connectivity index (χ1v) is 12.2. The Morgan fingerprint density at radius 3 is 2.23 bits per heavy atom. The summed E-state index contributed by atoms with van der Waals surface area (Å²) in [5.74, 6) is 1.19. The number of fused-ring (bicyclic) bond motifs is 1. The van der Waals surface area contributed by atoms with Crippen LogP contribution in [0.4, 0.5) is 0 Å². The second-order valence-electron chi connectivity index (χ2n) is 7.76. The monoisotopic (exact) mass is 444 g/mol. The van der Waals surface area contributed by atoms with Crippen molar-refractivity contribution in [3.63, 3.8) is 0 Å². The molecule has 0 aromatic heterocycles. The van der Waals surface area contributed by atoms with E-state index in [2.05, 4.69) is 0 Å². The second kappa shape index (κ2) is 9.28. The van der Waals surface area contributed by atoms with Crippen molar-refractivity contribution in [3.05, 3.63) is 53.6 Å². The molecule has 0 spiro atoms. The van der Waals surface area contributed by atoms with Gasteiger partial charge in [0.05, 0.1) is 11.5 Å². The number of hydrogen-bond donors (Lipinski definition) is 0. The number of sulfonamides is 1. The molecule has 0 atom stereocenters. The number of carbonyl (C=O) groups excluding carboxylic acids is 1. The fraction of sp³-hybridized carbons (Fsp3) is 0.435. The summed E-state index contributed by atoms with van der Waals surface area (Å²) >= 11 is 0. The van der Waals surface area contributed by atoms with Gasteiger partial charge in [0.15, 0.2) is 6.61 Å². The van der Waals surface area contributed by atoms with Gasteiger partial charge in [0.1, 0.15) is 11.5 Å². The molecule has 4 rings (SSSR count). The van der Waals surface area contributed by atoms with Gasteiger partial charge < -0.3 is 14.4 Å². The maximum atomic E-state index is 13.0. The molecule has 0 saturated carbocycles. The minimum atomic E-state index is -3.54. The average molecular weight is 445 g/mol. The summed E-state index contributed by atoms with van der Waals surface area (Å²) in [6.45, 7) is 3.71. The van der Waals surface area contributed by atoms with Crippen molar-refractivity contribution in [2.45, 2.75) is 31.1 Å². The highest BCUT2D eigenvalue weighted by molar-refractivity contribution is 7.89. The number of ether oxygens (including phenoxy) is 2. The molecule has 1 amide bonds. The third-order valence-electron chi connectivity index (χ3n) is 5.80. The van der Waals surface area contributed by atoms with E-state index in [1.807, 2.05) is 19.1 Å². The predicted molar refractivity (Wildman–Crippen MR) is 117 cm³/mol. The van der Waals surface area contributed by atoms with Crippen LogP contribution in [-0.2, 0) is 27.7 Å². The van der Waals surface area contributed by atoms with E-state index < -0.39 is 10.0 Å². The highest BCUT2D eigenvalue weighted by Gasteiger charge is 2.31. The van der Waals surface area contributed by atoms with Gasteiger partial charge in [-0.2, -0.15) is 4.31 Å². The first-order chi connectivity index (χ1) is 15.0. The summed E-state index contributed by atoms with van der Waals surface area (Å²) in [7, 11) is -3.54. The lowest BCUT2D eigenvalue weighted by atomic mass is 10.1. The summed E-state index contributed by atoms with van der Waals surface area (Å²) in [5, 5.41) is 0. The Kier molecular flexibility index (Phi) is 6.48. The van der Waals surface area contributed by atoms with Gasteiger partial charge in [-0.25, -0.2) is 8.42 Å². The normalized spacial score (nSPS) is 16.7. The lowest BCUT2D eigenvalue weighted by molar-refractivity contribution is -0.134. The van der Waals surface area contributed by atoms with Crippen molar-refractivity contribution in [2.24, 2.45) is 0 Å². The maximum Gasteiger partial charge on any atom is 0.260 e. The Bertz CT molecular complexity index is 1030. The number of amides is 1. The Hall–Kier alpha value is -2.58. The summed E-state index contributed by atoms with van der Waals surface area (Å²) in [6.07, 6.45) is 3.04. The zero-order valence-electron chi connectivity index (χ0n) is 17.7. The molecule has 1 saturated heterocycles. The van der Waals surface area contributed by atoms with Crippen molar-refractivity contribution in [1.82, 2.24) is 9.21 Å². The van der Waals surface area contributed by atoms with Crippen molar-refractivity contribution >= 4 is 15.9 Å². The van der Waals surface area contributed by atoms with Gasteiger partial charge >= 0.3 is 0 Å². The molecule has 2 aromatic carbocycles. The van der Waals surface area contributed by atoms with Crippen LogP contribution in [0.1, 0.15) is 24.5 Å². The summed E-state index contributed by atoms with van der Waals surface area (Å²) in [5.41, 5.74) is 2.39. The van der Waals surface area contributed by atoms with Crippen molar-refractivity contribution in [3.8, 4) is 11.5 Å². The summed E-state index contributed by atoms with van der Waals surface area (Å²) < 4.78 is 38.5. The van der Waals surface area contributed by atoms with Gasteiger partial charge in [0.25, 0.3) is 5.91 Å². The molecule has 31 heavy (non-hydrogen) atoms. The van der Waals surface area contributed by atoms with Gasteiger partial charge in [-0.3, -0.25) is 4.79 Å². The molecule has 0 radical (unpaired) electrons. The van der Waals surface area contributed by atoms with Crippen LogP contribution in [0.5, 0.6) is 11.5 Å². The summed E-state index contributed by atoms with van der Waals surface area (Å²) in [4.78, 5) is 14.5. The third kappa shape index (κ3) is 4.85. The van der Waals surface area contributed by atoms with E-state index in [0.717, 1.165) is 30.6 Å². The van der Waals surface area contributed by atoms with E-state index in [-0.39, 0.29) is 25.6 Å². The molecule has 0 bridgehead atoms. The molecule has 0 N–H and O–H groups in total. The highest BCUT2D eigenvalue weighted by atomic mass is 32.2. The van der Waals surface area contributed by atoms with Crippen LogP contribution in [-0.4, -0.2) is 62.9 Å². The van der Waals surface area contributed by atoms with Crippen molar-refractivity contribution in [2.75, 3.05) is 39.4 Å². The zero-order valence-corrected chi connectivity index (χ0v) is 18.6. The van der Waals surface area contributed by atoms with E-state index in [4.69, 9.17) is 9.47 Å². The van der Waals surface area contributed by atoms with Gasteiger partial charge in [-0.05, 0) is 73.7 Å². The van der Waals surface area contributed by atoms with Crippen LogP contribution >= 0.6 is 0 Å². The van der Waals surface area contributed by atoms with E-state index >= 15 is 0 Å². The van der Waals surface area contributed by atoms with E-state index in [9.17, 15) is 13.2 Å². The molecule has 8 heteroatoms. The van der Waals surface area contributed by atoms with Crippen LogP contribution in [0.3, 0.4) is 0 Å². The molecule has 0 unspecified atom stereocenters. The number of hydrogen-bond acceptors (Lipinski definition) is 5. The second-order valence-corrected chi connectivity index (χ2v) is 9.70. The van der Waals surface area contributed by atoms with Crippen LogP contribution in [0.15, 0.2) is 47.4 Å². The predicted octanol–water partition coefficient (Wildman–Crippen LogP) is 2.49. The van der Waals surface area contributed by atoms with Gasteiger partial charge in [0, 0.05) is 26.2 Å². The molecule has 2 aromatic rings. The first kappa shape index (κ1) is 21.6. The van der Waals surface area contributed by atoms with Crippen LogP contribution in [0.2, 0.25) is 0 Å². The molecule has 166 valence electrons. The van der Waals surface area contributed by atoms with Crippen LogP contribution in [0, 0.1) is 0 Å². The first-order valence-electron chi connectivity index (χ1n) is 10.7. The van der Waals surface area contributed by atoms with Gasteiger partial charge in [0.2, 0.25) is 10.0 Å². The van der Waals surface area contributed by atoms with Crippen molar-refractivity contribution < 1.29 is 22.7 Å². The molecule has 1 aliphatic carbocycles. The zero-order chi connectivity index (χ0) is 21.8. The van der Waals surface area contributed by atoms with Gasteiger partial charge in [-0.1, -0.05) is 6.07 Å². The number of carbonyl (C=O) groups is 1.